The Morgan fingerprint density at radius 3 is 2.46 bits per heavy atom. The SMILES string of the molecule is CCCCC(Oc1cccc2oc3ccccc3c(=O)c12)N(CC)CC. The van der Waals surface area contributed by atoms with E-state index in [4.69, 9.17) is 9.15 Å². The fourth-order valence-corrected chi connectivity index (χ4v) is 3.39. The second-order valence-corrected chi connectivity index (χ2v) is 6.49. The van der Waals surface area contributed by atoms with E-state index >= 15 is 0 Å². The van der Waals surface area contributed by atoms with Gasteiger partial charge in [0.05, 0.1) is 5.39 Å². The van der Waals surface area contributed by atoms with E-state index in [0.717, 1.165) is 32.4 Å². The zero-order chi connectivity index (χ0) is 18.5. The van der Waals surface area contributed by atoms with Gasteiger partial charge in [-0.25, -0.2) is 0 Å². The van der Waals surface area contributed by atoms with Gasteiger partial charge in [-0.15, -0.1) is 0 Å². The minimum absolute atomic E-state index is 0.0359. The molecular weight excluding hydrogens is 326 g/mol. The van der Waals surface area contributed by atoms with Gasteiger partial charge in [-0.3, -0.25) is 9.69 Å². The van der Waals surface area contributed by atoms with E-state index in [9.17, 15) is 4.79 Å². The Balaban J connectivity index is 2.08. The van der Waals surface area contributed by atoms with Crippen LogP contribution in [-0.4, -0.2) is 24.2 Å². The van der Waals surface area contributed by atoms with Crippen molar-refractivity contribution in [2.24, 2.45) is 0 Å². The van der Waals surface area contributed by atoms with Crippen molar-refractivity contribution in [2.45, 2.75) is 46.3 Å². The molecule has 1 heterocycles. The number of hydrogen-bond acceptors (Lipinski definition) is 4. The summed E-state index contributed by atoms with van der Waals surface area (Å²) < 4.78 is 12.3. The predicted octanol–water partition coefficient (Wildman–Crippen LogP) is 5.18. The van der Waals surface area contributed by atoms with Crippen molar-refractivity contribution in [3.8, 4) is 5.75 Å². The van der Waals surface area contributed by atoms with E-state index in [-0.39, 0.29) is 11.7 Å². The Kier molecular flexibility index (Phi) is 5.94. The van der Waals surface area contributed by atoms with E-state index in [1.807, 2.05) is 36.4 Å². The van der Waals surface area contributed by atoms with Gasteiger partial charge in [-0.05, 0) is 50.2 Å². The zero-order valence-electron chi connectivity index (χ0n) is 15.8. The molecule has 4 nitrogen and oxygen atoms in total. The molecule has 0 amide bonds. The highest BCUT2D eigenvalue weighted by Gasteiger charge is 2.20. The molecule has 1 atom stereocenters. The standard InChI is InChI=1S/C22H27NO3/c1-4-7-15-20(23(5-2)6-3)26-19-14-10-13-18-21(19)22(24)16-11-8-9-12-17(16)25-18/h8-14,20H,4-7,15H2,1-3H3. The second-order valence-electron chi connectivity index (χ2n) is 6.49. The van der Waals surface area contributed by atoms with E-state index in [1.165, 1.54) is 0 Å². The Hall–Kier alpha value is -2.33. The summed E-state index contributed by atoms with van der Waals surface area (Å²) in [5.41, 5.74) is 1.14. The van der Waals surface area contributed by atoms with Gasteiger partial charge < -0.3 is 9.15 Å². The number of ether oxygens (including phenoxy) is 1. The van der Waals surface area contributed by atoms with Crippen LogP contribution in [0.5, 0.6) is 5.75 Å². The Morgan fingerprint density at radius 2 is 1.73 bits per heavy atom. The maximum atomic E-state index is 13.1. The molecule has 0 aliphatic rings. The van der Waals surface area contributed by atoms with E-state index < -0.39 is 0 Å². The summed E-state index contributed by atoms with van der Waals surface area (Å²) in [6.07, 6.45) is 3.10. The first-order chi connectivity index (χ1) is 12.7. The highest BCUT2D eigenvalue weighted by atomic mass is 16.5. The molecule has 26 heavy (non-hydrogen) atoms. The maximum Gasteiger partial charge on any atom is 0.204 e. The molecule has 2 aromatic carbocycles. The minimum Gasteiger partial charge on any atom is -0.474 e. The molecule has 0 bridgehead atoms. The van der Waals surface area contributed by atoms with Gasteiger partial charge in [-0.1, -0.05) is 45.4 Å². The number of unbranched alkanes of at least 4 members (excludes halogenated alkanes) is 1. The fourth-order valence-electron chi connectivity index (χ4n) is 3.39. The van der Waals surface area contributed by atoms with Crippen molar-refractivity contribution in [1.29, 1.82) is 0 Å². The smallest absolute Gasteiger partial charge is 0.204 e. The highest BCUT2D eigenvalue weighted by Crippen LogP contribution is 2.28. The van der Waals surface area contributed by atoms with Crippen LogP contribution in [0.15, 0.2) is 51.7 Å². The molecule has 0 saturated heterocycles. The van der Waals surface area contributed by atoms with Crippen molar-refractivity contribution in [3.05, 3.63) is 52.7 Å². The number of fused-ring (bicyclic) bond motifs is 2. The lowest BCUT2D eigenvalue weighted by atomic mass is 10.1. The van der Waals surface area contributed by atoms with E-state index in [0.29, 0.717) is 27.7 Å². The summed E-state index contributed by atoms with van der Waals surface area (Å²) in [7, 11) is 0. The van der Waals surface area contributed by atoms with Crippen LogP contribution in [0.1, 0.15) is 40.0 Å². The molecule has 1 unspecified atom stereocenters. The van der Waals surface area contributed by atoms with Crippen molar-refractivity contribution in [2.75, 3.05) is 13.1 Å². The molecule has 4 heteroatoms. The third-order valence-electron chi connectivity index (χ3n) is 4.85. The molecule has 0 radical (unpaired) electrons. The molecule has 3 aromatic rings. The largest absolute Gasteiger partial charge is 0.474 e. The van der Waals surface area contributed by atoms with Gasteiger partial charge in [0.15, 0.2) is 6.23 Å². The quantitative estimate of drug-likeness (QED) is 0.413. The predicted molar refractivity (Wildman–Crippen MR) is 107 cm³/mol. The lowest BCUT2D eigenvalue weighted by Crippen LogP contribution is -2.39. The lowest BCUT2D eigenvalue weighted by molar-refractivity contribution is 0.0255. The molecule has 1 aromatic heterocycles. The van der Waals surface area contributed by atoms with Crippen LogP contribution in [0.25, 0.3) is 21.9 Å². The molecular formula is C22H27NO3. The van der Waals surface area contributed by atoms with Crippen LogP contribution in [0, 0.1) is 0 Å². The maximum absolute atomic E-state index is 13.1. The van der Waals surface area contributed by atoms with Crippen LogP contribution >= 0.6 is 0 Å². The van der Waals surface area contributed by atoms with Crippen LogP contribution in [0.3, 0.4) is 0 Å². The Bertz CT molecular complexity index is 927. The fraction of sp³-hybridized carbons (Fsp3) is 0.409. The second kappa shape index (κ2) is 8.37. The van der Waals surface area contributed by atoms with Gasteiger partial charge >= 0.3 is 0 Å². The van der Waals surface area contributed by atoms with E-state index in [1.54, 1.807) is 6.07 Å². The van der Waals surface area contributed by atoms with E-state index in [2.05, 4.69) is 25.7 Å². The molecule has 0 fully saturated rings. The molecule has 0 aliphatic heterocycles. The molecule has 138 valence electrons. The number of benzene rings is 2. The molecule has 3 rings (SSSR count). The summed E-state index contributed by atoms with van der Waals surface area (Å²) in [5, 5.41) is 1.11. The lowest BCUT2D eigenvalue weighted by Gasteiger charge is -2.30. The Labute approximate surface area is 154 Å². The summed E-state index contributed by atoms with van der Waals surface area (Å²) in [6.45, 7) is 8.27. The van der Waals surface area contributed by atoms with Crippen LogP contribution < -0.4 is 10.2 Å². The van der Waals surface area contributed by atoms with Gasteiger partial charge in [0.1, 0.15) is 22.3 Å². The van der Waals surface area contributed by atoms with Crippen LogP contribution in [0.2, 0.25) is 0 Å². The average Bonchev–Trinajstić information content (AvgIpc) is 2.67. The highest BCUT2D eigenvalue weighted by molar-refractivity contribution is 5.93. The van der Waals surface area contributed by atoms with Crippen LogP contribution in [-0.2, 0) is 0 Å². The number of nitrogens with zero attached hydrogens (tertiary/aromatic N) is 1. The monoisotopic (exact) mass is 353 g/mol. The number of para-hydroxylation sites is 1. The van der Waals surface area contributed by atoms with Gasteiger partial charge in [0.25, 0.3) is 0 Å². The van der Waals surface area contributed by atoms with Crippen molar-refractivity contribution < 1.29 is 9.15 Å². The van der Waals surface area contributed by atoms with Gasteiger partial charge in [0.2, 0.25) is 5.43 Å². The summed E-state index contributed by atoms with van der Waals surface area (Å²) in [5.74, 6) is 0.606. The first-order valence-corrected chi connectivity index (χ1v) is 9.54. The topological polar surface area (TPSA) is 42.7 Å². The third kappa shape index (κ3) is 3.61. The third-order valence-corrected chi connectivity index (χ3v) is 4.85. The average molecular weight is 353 g/mol. The first kappa shape index (κ1) is 18.5. The molecule has 0 N–H and O–H groups in total. The van der Waals surface area contributed by atoms with Crippen molar-refractivity contribution >= 4 is 21.9 Å². The zero-order valence-corrected chi connectivity index (χ0v) is 15.8. The molecule has 0 saturated carbocycles. The van der Waals surface area contributed by atoms with Crippen molar-refractivity contribution in [1.82, 2.24) is 4.90 Å². The first-order valence-electron chi connectivity index (χ1n) is 9.54. The van der Waals surface area contributed by atoms with Crippen molar-refractivity contribution in [3.63, 3.8) is 0 Å². The Morgan fingerprint density at radius 1 is 1.00 bits per heavy atom. The summed E-state index contributed by atoms with van der Waals surface area (Å²) in [6, 6.07) is 12.9. The number of hydrogen-bond donors (Lipinski definition) is 0. The summed E-state index contributed by atoms with van der Waals surface area (Å²) >= 11 is 0. The normalized spacial score (nSPS) is 12.8. The number of rotatable bonds is 8. The van der Waals surface area contributed by atoms with Gasteiger partial charge in [0, 0.05) is 0 Å². The summed E-state index contributed by atoms with van der Waals surface area (Å²) in [4.78, 5) is 15.3. The van der Waals surface area contributed by atoms with Crippen LogP contribution in [0.4, 0.5) is 0 Å². The van der Waals surface area contributed by atoms with Gasteiger partial charge in [-0.2, -0.15) is 0 Å². The minimum atomic E-state index is -0.0404. The molecule has 0 aliphatic carbocycles. The molecule has 0 spiro atoms.